The Hall–Kier alpha value is -1.05. The van der Waals surface area contributed by atoms with Crippen molar-refractivity contribution in [2.24, 2.45) is 0 Å². The van der Waals surface area contributed by atoms with Crippen LogP contribution in [0.4, 0.5) is 10.1 Å². The lowest BCUT2D eigenvalue weighted by Crippen LogP contribution is -2.29. The average Bonchev–Trinajstić information content (AvgIpc) is 2.00. The number of hydrogen-bond acceptors (Lipinski definition) is 1. The summed E-state index contributed by atoms with van der Waals surface area (Å²) >= 11 is 0. The molecule has 2 rings (SSSR count). The third-order valence-electron chi connectivity index (χ3n) is 3.04. The summed E-state index contributed by atoms with van der Waals surface area (Å²) < 4.78 is 13.2. The molecule has 0 amide bonds. The monoisotopic (exact) mass is 193 g/mol. The molecule has 1 aromatic carbocycles. The van der Waals surface area contributed by atoms with Crippen molar-refractivity contribution >= 4 is 5.69 Å². The summed E-state index contributed by atoms with van der Waals surface area (Å²) in [6.07, 6.45) is 1.10. The number of halogens is 1. The Morgan fingerprint density at radius 3 is 2.79 bits per heavy atom. The molecular weight excluding hydrogens is 177 g/mol. The molecule has 0 saturated heterocycles. The number of aryl methyl sites for hydroxylation is 1. The minimum Gasteiger partial charge on any atom is -0.385 e. The molecule has 0 aromatic heterocycles. The van der Waals surface area contributed by atoms with Gasteiger partial charge in [0.25, 0.3) is 0 Å². The molecule has 0 aliphatic carbocycles. The van der Waals surface area contributed by atoms with Gasteiger partial charge in [0.05, 0.1) is 0 Å². The lowest BCUT2D eigenvalue weighted by atomic mass is 9.76. The SMILES string of the molecule is Cc1cc(F)cc2c1C(C)(C)CCN2. The summed E-state index contributed by atoms with van der Waals surface area (Å²) in [4.78, 5) is 0. The number of hydrogen-bond donors (Lipinski definition) is 1. The highest BCUT2D eigenvalue weighted by molar-refractivity contribution is 5.59. The van der Waals surface area contributed by atoms with Crippen molar-refractivity contribution < 1.29 is 4.39 Å². The van der Waals surface area contributed by atoms with Gasteiger partial charge in [0.15, 0.2) is 0 Å². The molecule has 2 heteroatoms. The highest BCUT2D eigenvalue weighted by Crippen LogP contribution is 2.38. The average molecular weight is 193 g/mol. The van der Waals surface area contributed by atoms with E-state index in [-0.39, 0.29) is 11.2 Å². The van der Waals surface area contributed by atoms with E-state index in [0.717, 1.165) is 24.2 Å². The summed E-state index contributed by atoms with van der Waals surface area (Å²) in [6, 6.07) is 3.22. The van der Waals surface area contributed by atoms with Crippen molar-refractivity contribution in [2.75, 3.05) is 11.9 Å². The predicted octanol–water partition coefficient (Wildman–Crippen LogP) is 3.23. The largest absolute Gasteiger partial charge is 0.385 e. The highest BCUT2D eigenvalue weighted by atomic mass is 19.1. The molecule has 1 aliphatic heterocycles. The van der Waals surface area contributed by atoms with Gasteiger partial charge in [-0.1, -0.05) is 13.8 Å². The summed E-state index contributed by atoms with van der Waals surface area (Å²) in [5.41, 5.74) is 3.46. The molecule has 0 atom stereocenters. The van der Waals surface area contributed by atoms with Crippen LogP contribution in [-0.4, -0.2) is 6.54 Å². The maximum atomic E-state index is 13.2. The van der Waals surface area contributed by atoms with E-state index in [1.54, 1.807) is 12.1 Å². The van der Waals surface area contributed by atoms with E-state index in [1.165, 1.54) is 5.56 Å². The van der Waals surface area contributed by atoms with Gasteiger partial charge in [-0.15, -0.1) is 0 Å². The number of fused-ring (bicyclic) bond motifs is 1. The summed E-state index contributed by atoms with van der Waals surface area (Å²) in [5.74, 6) is -0.147. The lowest BCUT2D eigenvalue weighted by Gasteiger charge is -2.34. The van der Waals surface area contributed by atoms with Crippen LogP contribution in [0.2, 0.25) is 0 Å². The third kappa shape index (κ3) is 1.39. The van der Waals surface area contributed by atoms with E-state index >= 15 is 0 Å². The molecule has 1 aromatic rings. The molecular formula is C12H16FN. The van der Waals surface area contributed by atoms with Gasteiger partial charge in [-0.25, -0.2) is 4.39 Å². The molecule has 0 saturated carbocycles. The molecule has 0 spiro atoms. The van der Waals surface area contributed by atoms with Crippen LogP contribution in [0.25, 0.3) is 0 Å². The molecule has 14 heavy (non-hydrogen) atoms. The Morgan fingerprint density at radius 2 is 2.07 bits per heavy atom. The van der Waals surface area contributed by atoms with E-state index < -0.39 is 0 Å². The van der Waals surface area contributed by atoms with Crippen molar-refractivity contribution in [1.82, 2.24) is 0 Å². The van der Waals surface area contributed by atoms with Crippen LogP contribution in [-0.2, 0) is 5.41 Å². The highest BCUT2D eigenvalue weighted by Gasteiger charge is 2.29. The van der Waals surface area contributed by atoms with Crippen LogP contribution in [0.15, 0.2) is 12.1 Å². The first kappa shape index (κ1) is 9.50. The number of nitrogens with one attached hydrogen (secondary N) is 1. The Balaban J connectivity index is 2.63. The number of rotatable bonds is 0. The smallest absolute Gasteiger partial charge is 0.125 e. The molecule has 0 radical (unpaired) electrons. The second-order valence-electron chi connectivity index (χ2n) is 4.71. The zero-order valence-electron chi connectivity index (χ0n) is 8.95. The zero-order valence-corrected chi connectivity index (χ0v) is 8.95. The lowest BCUT2D eigenvalue weighted by molar-refractivity contribution is 0.477. The summed E-state index contributed by atoms with van der Waals surface area (Å²) in [6.45, 7) is 7.36. The van der Waals surface area contributed by atoms with Crippen LogP contribution in [0.1, 0.15) is 31.4 Å². The van der Waals surface area contributed by atoms with E-state index in [1.807, 2.05) is 6.92 Å². The second kappa shape index (κ2) is 2.97. The Kier molecular flexibility index (Phi) is 2.02. The Morgan fingerprint density at radius 1 is 1.36 bits per heavy atom. The van der Waals surface area contributed by atoms with Crippen molar-refractivity contribution in [1.29, 1.82) is 0 Å². The first-order valence-electron chi connectivity index (χ1n) is 5.05. The molecule has 76 valence electrons. The minimum atomic E-state index is -0.147. The van der Waals surface area contributed by atoms with Crippen molar-refractivity contribution in [3.8, 4) is 0 Å². The molecule has 0 bridgehead atoms. The fourth-order valence-corrected chi connectivity index (χ4v) is 2.42. The van der Waals surface area contributed by atoms with Crippen LogP contribution in [0.3, 0.4) is 0 Å². The Labute approximate surface area is 84.3 Å². The molecule has 1 heterocycles. The minimum absolute atomic E-state index is 0.147. The van der Waals surface area contributed by atoms with Crippen LogP contribution < -0.4 is 5.32 Å². The standard InChI is InChI=1S/C12H16FN/c1-8-6-9(13)7-10-11(8)12(2,3)4-5-14-10/h6-7,14H,4-5H2,1-3H3. The van der Waals surface area contributed by atoms with Gasteiger partial charge in [0.2, 0.25) is 0 Å². The van der Waals surface area contributed by atoms with Crippen molar-refractivity contribution in [3.05, 3.63) is 29.1 Å². The van der Waals surface area contributed by atoms with E-state index in [2.05, 4.69) is 19.2 Å². The van der Waals surface area contributed by atoms with Crippen LogP contribution in [0, 0.1) is 12.7 Å². The van der Waals surface area contributed by atoms with Gasteiger partial charge in [-0.05, 0) is 42.0 Å². The van der Waals surface area contributed by atoms with E-state index in [4.69, 9.17) is 0 Å². The zero-order chi connectivity index (χ0) is 10.3. The molecule has 1 aliphatic rings. The summed E-state index contributed by atoms with van der Waals surface area (Å²) in [5, 5.41) is 3.26. The predicted molar refractivity (Wildman–Crippen MR) is 57.3 cm³/mol. The normalized spacial score (nSPS) is 18.6. The van der Waals surface area contributed by atoms with E-state index in [0.29, 0.717) is 0 Å². The molecule has 1 nitrogen and oxygen atoms in total. The summed E-state index contributed by atoms with van der Waals surface area (Å²) in [7, 11) is 0. The topological polar surface area (TPSA) is 12.0 Å². The van der Waals surface area contributed by atoms with Gasteiger partial charge < -0.3 is 5.32 Å². The van der Waals surface area contributed by atoms with Gasteiger partial charge in [0.1, 0.15) is 5.82 Å². The Bertz CT molecular complexity index is 369. The second-order valence-corrected chi connectivity index (χ2v) is 4.71. The van der Waals surface area contributed by atoms with E-state index in [9.17, 15) is 4.39 Å². The van der Waals surface area contributed by atoms with Crippen molar-refractivity contribution in [2.45, 2.75) is 32.6 Å². The maximum absolute atomic E-state index is 13.2. The first-order valence-corrected chi connectivity index (χ1v) is 5.05. The first-order chi connectivity index (χ1) is 6.50. The fourth-order valence-electron chi connectivity index (χ4n) is 2.42. The number of anilines is 1. The quantitative estimate of drug-likeness (QED) is 0.667. The third-order valence-corrected chi connectivity index (χ3v) is 3.04. The van der Waals surface area contributed by atoms with Gasteiger partial charge in [-0.3, -0.25) is 0 Å². The van der Waals surface area contributed by atoms with Crippen LogP contribution >= 0.6 is 0 Å². The van der Waals surface area contributed by atoms with Crippen molar-refractivity contribution in [3.63, 3.8) is 0 Å². The maximum Gasteiger partial charge on any atom is 0.125 e. The number of benzene rings is 1. The van der Waals surface area contributed by atoms with Gasteiger partial charge in [0, 0.05) is 12.2 Å². The fraction of sp³-hybridized carbons (Fsp3) is 0.500. The van der Waals surface area contributed by atoms with Gasteiger partial charge >= 0.3 is 0 Å². The van der Waals surface area contributed by atoms with Crippen LogP contribution in [0.5, 0.6) is 0 Å². The molecule has 1 N–H and O–H groups in total. The molecule has 0 fully saturated rings. The molecule has 0 unspecified atom stereocenters. The van der Waals surface area contributed by atoms with Gasteiger partial charge in [-0.2, -0.15) is 0 Å².